The van der Waals surface area contributed by atoms with Crippen LogP contribution >= 0.6 is 0 Å². The number of hydrogen-bond acceptors (Lipinski definition) is 7. The molecule has 4 rings (SSSR count). The van der Waals surface area contributed by atoms with Gasteiger partial charge in [-0.25, -0.2) is 4.79 Å². The normalized spacial score (nSPS) is 20.8. The predicted molar refractivity (Wildman–Crippen MR) is 145 cm³/mol. The van der Waals surface area contributed by atoms with Gasteiger partial charge < -0.3 is 24.4 Å². The van der Waals surface area contributed by atoms with E-state index < -0.39 is 71.7 Å². The van der Waals surface area contributed by atoms with Gasteiger partial charge in [-0.1, -0.05) is 0 Å². The van der Waals surface area contributed by atoms with Crippen LogP contribution in [0.3, 0.4) is 0 Å². The number of amides is 2. The van der Waals surface area contributed by atoms with E-state index in [4.69, 9.17) is 19.5 Å². The van der Waals surface area contributed by atoms with Gasteiger partial charge in [-0.3, -0.25) is 9.69 Å². The fourth-order valence-corrected chi connectivity index (χ4v) is 4.87. The average Bonchev–Trinajstić information content (AvgIpc) is 3.59. The first-order chi connectivity index (χ1) is 20.5. The van der Waals surface area contributed by atoms with E-state index in [9.17, 15) is 35.9 Å². The van der Waals surface area contributed by atoms with Gasteiger partial charge in [0.05, 0.1) is 23.7 Å². The highest BCUT2D eigenvalue weighted by Gasteiger charge is 2.51. The van der Waals surface area contributed by atoms with E-state index in [0.29, 0.717) is 36.0 Å². The smallest absolute Gasteiger partial charge is 0.433 e. The van der Waals surface area contributed by atoms with Gasteiger partial charge in [0, 0.05) is 17.9 Å². The van der Waals surface area contributed by atoms with E-state index in [0.717, 1.165) is 12.1 Å². The van der Waals surface area contributed by atoms with Crippen molar-refractivity contribution in [1.29, 1.82) is 5.26 Å². The molecule has 3 atom stereocenters. The molecular weight excluding hydrogens is 598 g/mol. The second-order valence-corrected chi connectivity index (χ2v) is 11.3. The Kier molecular flexibility index (Phi) is 9.24. The molecule has 15 heteroatoms. The number of hydrogen-bond donors (Lipinski definition) is 1. The quantitative estimate of drug-likeness (QED) is 0.387. The van der Waals surface area contributed by atoms with E-state index in [-0.39, 0.29) is 12.4 Å². The van der Waals surface area contributed by atoms with Crippen molar-refractivity contribution in [2.24, 2.45) is 0 Å². The summed E-state index contributed by atoms with van der Waals surface area (Å²) < 4.78 is 97.6. The molecule has 0 aliphatic carbocycles. The number of halogens is 6. The zero-order chi connectivity index (χ0) is 32.4. The Bertz CT molecular complexity index is 1400. The summed E-state index contributed by atoms with van der Waals surface area (Å²) in [7, 11) is 0. The summed E-state index contributed by atoms with van der Waals surface area (Å²) in [6.07, 6.45) is -13.1. The lowest BCUT2D eigenvalue weighted by Gasteiger charge is -2.28. The number of likely N-dealkylation sites (tertiary alicyclic amines) is 1. The first-order valence-electron chi connectivity index (χ1n) is 13.6. The van der Waals surface area contributed by atoms with Crippen LogP contribution in [0.5, 0.6) is 5.75 Å². The molecule has 2 saturated heterocycles. The highest BCUT2D eigenvalue weighted by atomic mass is 19.4. The summed E-state index contributed by atoms with van der Waals surface area (Å²) in [5.74, 6) is -0.168. The highest BCUT2D eigenvalue weighted by molar-refractivity contribution is 5.96. The Balaban J connectivity index is 1.38. The molecule has 2 aromatic carbocycles. The van der Waals surface area contributed by atoms with E-state index in [1.54, 1.807) is 20.8 Å². The monoisotopic (exact) mass is 628 g/mol. The molecule has 2 aromatic rings. The molecule has 0 bridgehead atoms. The number of alkyl halides is 6. The SMILES string of the molecule is CC(C)(C)OC(=O)N1CCC[C@H]1C(=O)Nc1ccc(OC[C@@H]2CN(c3ccc(C#N)c(C(F)(F)F)c3)[C@@H](C(F)(F)F)O2)cc1. The molecule has 44 heavy (non-hydrogen) atoms. The van der Waals surface area contributed by atoms with Crippen LogP contribution in [0.15, 0.2) is 42.5 Å². The fourth-order valence-electron chi connectivity index (χ4n) is 4.87. The van der Waals surface area contributed by atoms with Gasteiger partial charge in [0.1, 0.15) is 30.1 Å². The number of nitriles is 1. The van der Waals surface area contributed by atoms with E-state index in [2.05, 4.69) is 5.32 Å². The molecule has 1 N–H and O–H groups in total. The molecule has 238 valence electrons. The Morgan fingerprint density at radius 1 is 1.07 bits per heavy atom. The van der Waals surface area contributed by atoms with Crippen molar-refractivity contribution in [3.05, 3.63) is 53.6 Å². The van der Waals surface area contributed by atoms with Crippen molar-refractivity contribution >= 4 is 23.4 Å². The van der Waals surface area contributed by atoms with Crippen LogP contribution in [0.1, 0.15) is 44.7 Å². The van der Waals surface area contributed by atoms with Crippen molar-refractivity contribution in [3.8, 4) is 11.8 Å². The second kappa shape index (κ2) is 12.4. The number of nitrogens with one attached hydrogen (secondary N) is 1. The zero-order valence-electron chi connectivity index (χ0n) is 24.0. The van der Waals surface area contributed by atoms with Crippen molar-refractivity contribution in [2.75, 3.05) is 29.9 Å². The van der Waals surface area contributed by atoms with Gasteiger partial charge in [0.2, 0.25) is 12.1 Å². The number of ether oxygens (including phenoxy) is 3. The zero-order valence-corrected chi connectivity index (χ0v) is 24.0. The number of carbonyl (C=O) groups is 2. The molecule has 0 spiro atoms. The molecule has 9 nitrogen and oxygen atoms in total. The minimum Gasteiger partial charge on any atom is -0.491 e. The standard InChI is InChI=1S/C29H30F6N4O5/c1-27(2,3)44-26(41)38-12-4-5-23(38)24(40)37-18-7-10-20(11-8-18)42-16-21-15-39(25(43-21)29(33,34)35)19-9-6-17(14-36)22(13-19)28(30,31)32/h6-11,13,21,23,25H,4-5,12,15-16H2,1-3H3,(H,37,40)/t21-,23-,25+/m0/s1. The first kappa shape index (κ1) is 32.7. The van der Waals surface area contributed by atoms with Crippen molar-refractivity contribution in [3.63, 3.8) is 0 Å². The van der Waals surface area contributed by atoms with Gasteiger partial charge in [-0.2, -0.15) is 31.6 Å². The molecule has 2 aliphatic heterocycles. The van der Waals surface area contributed by atoms with Crippen LogP contribution in [0, 0.1) is 11.3 Å². The highest BCUT2D eigenvalue weighted by Crippen LogP contribution is 2.39. The number of nitrogens with zero attached hydrogens (tertiary/aromatic N) is 3. The van der Waals surface area contributed by atoms with Crippen LogP contribution < -0.4 is 15.0 Å². The maximum Gasteiger partial charge on any atom is 0.433 e. The van der Waals surface area contributed by atoms with Gasteiger partial charge in [0.15, 0.2) is 0 Å². The Morgan fingerprint density at radius 3 is 2.34 bits per heavy atom. The van der Waals surface area contributed by atoms with Gasteiger partial charge >= 0.3 is 18.4 Å². The Hall–Kier alpha value is -4.19. The van der Waals surface area contributed by atoms with Crippen LogP contribution in [0.2, 0.25) is 0 Å². The van der Waals surface area contributed by atoms with Gasteiger partial charge in [-0.05, 0) is 76.1 Å². The Morgan fingerprint density at radius 2 is 1.75 bits per heavy atom. The summed E-state index contributed by atoms with van der Waals surface area (Å²) in [5.41, 5.74) is -2.80. The lowest BCUT2D eigenvalue weighted by molar-refractivity contribution is -0.215. The molecule has 2 amide bonds. The second-order valence-electron chi connectivity index (χ2n) is 11.3. The maximum absolute atomic E-state index is 13.8. The molecule has 2 heterocycles. The first-order valence-corrected chi connectivity index (χ1v) is 13.6. The van der Waals surface area contributed by atoms with Crippen molar-refractivity contribution in [1.82, 2.24) is 4.90 Å². The molecule has 0 unspecified atom stereocenters. The number of anilines is 2. The third kappa shape index (κ3) is 7.85. The number of rotatable bonds is 6. The van der Waals surface area contributed by atoms with Crippen LogP contribution in [-0.2, 0) is 20.4 Å². The van der Waals surface area contributed by atoms with Gasteiger partial charge in [0.25, 0.3) is 0 Å². The van der Waals surface area contributed by atoms with Crippen LogP contribution in [0.4, 0.5) is 42.5 Å². The summed E-state index contributed by atoms with van der Waals surface area (Å²) in [6.45, 7) is 4.77. The van der Waals surface area contributed by atoms with E-state index in [1.165, 1.54) is 35.2 Å². The largest absolute Gasteiger partial charge is 0.491 e. The molecular formula is C29H30F6N4O5. The predicted octanol–water partition coefficient (Wildman–Crippen LogP) is 6.09. The maximum atomic E-state index is 13.8. The summed E-state index contributed by atoms with van der Waals surface area (Å²) in [5, 5.41) is 11.7. The van der Waals surface area contributed by atoms with E-state index >= 15 is 0 Å². The average molecular weight is 629 g/mol. The molecule has 0 radical (unpaired) electrons. The van der Waals surface area contributed by atoms with Gasteiger partial charge in [-0.15, -0.1) is 0 Å². The van der Waals surface area contributed by atoms with Crippen molar-refractivity contribution < 1.29 is 50.1 Å². The summed E-state index contributed by atoms with van der Waals surface area (Å²) in [4.78, 5) is 27.4. The lowest BCUT2D eigenvalue weighted by Crippen LogP contribution is -2.45. The lowest BCUT2D eigenvalue weighted by atomic mass is 10.1. The van der Waals surface area contributed by atoms with Crippen molar-refractivity contribution in [2.45, 2.75) is 69.9 Å². The molecule has 0 aromatic heterocycles. The molecule has 2 fully saturated rings. The molecule has 0 saturated carbocycles. The van der Waals surface area contributed by atoms with E-state index in [1.807, 2.05) is 0 Å². The number of carbonyl (C=O) groups excluding carboxylic acids is 2. The molecule has 2 aliphatic rings. The fraction of sp³-hybridized carbons (Fsp3) is 0.483. The number of benzene rings is 2. The summed E-state index contributed by atoms with van der Waals surface area (Å²) in [6, 6.07) is 8.96. The minimum absolute atomic E-state index is 0.239. The third-order valence-corrected chi connectivity index (χ3v) is 6.79. The Labute approximate surface area is 249 Å². The third-order valence-electron chi connectivity index (χ3n) is 6.79. The van der Waals surface area contributed by atoms with Crippen LogP contribution in [-0.4, -0.2) is 66.7 Å². The summed E-state index contributed by atoms with van der Waals surface area (Å²) >= 11 is 0. The topological polar surface area (TPSA) is 104 Å². The van der Waals surface area contributed by atoms with Crippen LogP contribution in [0.25, 0.3) is 0 Å². The minimum atomic E-state index is -4.95.